The van der Waals surface area contributed by atoms with E-state index in [0.717, 1.165) is 110 Å². The SMILES string of the molecule is CC(C)(C)c1ccc2cc3c(cc2c1)-c1nc-3nc2[nH]c(nc3nc(nc4[nH]c(n1)c1c(-c5ccccc5)ccc(-c5ccccc5)c41)-c1cc4cc(C(C)(C)C)ccc4cc1-3)c1c(-c3ccccc3)ccc(-c3ccccc3)c21. The molecule has 0 amide bonds. The van der Waals surface area contributed by atoms with Gasteiger partial charge in [0.05, 0.1) is 0 Å². The molecule has 80 heavy (non-hydrogen) atoms. The van der Waals surface area contributed by atoms with Crippen molar-refractivity contribution in [2.45, 2.75) is 52.4 Å². The quantitative estimate of drug-likeness (QED) is 0.182. The Hall–Kier alpha value is -9.92. The Morgan fingerprint density at radius 2 is 0.512 bits per heavy atom. The number of aromatic amines is 2. The highest BCUT2D eigenvalue weighted by Gasteiger charge is 2.28. The zero-order valence-electron chi connectivity index (χ0n) is 45.3. The predicted octanol–water partition coefficient (Wildman–Crippen LogP) is 18.4. The molecule has 0 radical (unpaired) electrons. The molecule has 2 aliphatic rings. The minimum absolute atomic E-state index is 0.0598. The van der Waals surface area contributed by atoms with Gasteiger partial charge in [0.1, 0.15) is 22.6 Å². The topological polar surface area (TPSA) is 109 Å². The number of H-pyrrole nitrogens is 2. The van der Waals surface area contributed by atoms with E-state index < -0.39 is 0 Å². The first-order valence-electron chi connectivity index (χ1n) is 27.4. The van der Waals surface area contributed by atoms with Crippen LogP contribution in [0.15, 0.2) is 206 Å². The van der Waals surface area contributed by atoms with Crippen molar-refractivity contribution in [1.82, 2.24) is 39.9 Å². The summed E-state index contributed by atoms with van der Waals surface area (Å²) >= 11 is 0. The van der Waals surface area contributed by atoms with Gasteiger partial charge < -0.3 is 9.97 Å². The second-order valence-electron chi connectivity index (χ2n) is 23.3. The van der Waals surface area contributed by atoms with Crippen LogP contribution in [0.4, 0.5) is 0 Å². The van der Waals surface area contributed by atoms with E-state index in [1.165, 1.54) is 11.1 Å². The maximum atomic E-state index is 5.71. The summed E-state index contributed by atoms with van der Waals surface area (Å²) in [4.78, 5) is 41.5. The molecule has 10 aromatic carbocycles. The largest absolute Gasteiger partial charge is 0.324 e. The van der Waals surface area contributed by atoms with Crippen LogP contribution < -0.4 is 0 Å². The molecule has 3 aromatic heterocycles. The number of hydrogen-bond donors (Lipinski definition) is 2. The normalized spacial score (nSPS) is 12.4. The van der Waals surface area contributed by atoms with Gasteiger partial charge in [-0.2, -0.15) is 0 Å². The number of fused-ring (bicyclic) bond motifs is 22. The summed E-state index contributed by atoms with van der Waals surface area (Å²) in [7, 11) is 0. The van der Waals surface area contributed by atoms with Crippen LogP contribution in [-0.4, -0.2) is 39.9 Å². The lowest BCUT2D eigenvalue weighted by Crippen LogP contribution is -2.10. The van der Waals surface area contributed by atoms with Gasteiger partial charge in [-0.25, -0.2) is 29.9 Å². The lowest BCUT2D eigenvalue weighted by atomic mass is 9.85. The maximum Gasteiger partial charge on any atom is 0.164 e. The van der Waals surface area contributed by atoms with E-state index in [1.54, 1.807) is 0 Å². The Balaban J connectivity index is 1.16. The summed E-state index contributed by atoms with van der Waals surface area (Å²) < 4.78 is 0. The van der Waals surface area contributed by atoms with E-state index in [2.05, 4.69) is 258 Å². The minimum Gasteiger partial charge on any atom is -0.324 e. The Bertz CT molecular complexity index is 4570. The predicted molar refractivity (Wildman–Crippen MR) is 330 cm³/mol. The monoisotopic (exact) mass is 1030 g/mol. The molecule has 8 bridgehead atoms. The van der Waals surface area contributed by atoms with Crippen molar-refractivity contribution >= 4 is 65.7 Å². The molecule has 8 heteroatoms. The highest BCUT2D eigenvalue weighted by Crippen LogP contribution is 2.46. The van der Waals surface area contributed by atoms with E-state index in [-0.39, 0.29) is 10.8 Å². The molecule has 13 aromatic rings. The number of nitrogens with one attached hydrogen (secondary N) is 2. The second-order valence-corrected chi connectivity index (χ2v) is 23.3. The first-order valence-corrected chi connectivity index (χ1v) is 27.4. The van der Waals surface area contributed by atoms with Crippen molar-refractivity contribution in [3.63, 3.8) is 0 Å². The van der Waals surface area contributed by atoms with E-state index in [1.807, 2.05) is 0 Å². The molecule has 2 aliphatic heterocycles. The lowest BCUT2D eigenvalue weighted by Gasteiger charge is -2.19. The van der Waals surface area contributed by atoms with E-state index in [9.17, 15) is 0 Å². The summed E-state index contributed by atoms with van der Waals surface area (Å²) in [6, 6.07) is 73.5. The third-order valence-corrected chi connectivity index (χ3v) is 16.1. The Labute approximate surface area is 463 Å². The summed E-state index contributed by atoms with van der Waals surface area (Å²) in [5, 5.41) is 8.08. The second kappa shape index (κ2) is 17.8. The van der Waals surface area contributed by atoms with E-state index >= 15 is 0 Å². The molecule has 2 N–H and O–H groups in total. The van der Waals surface area contributed by atoms with Gasteiger partial charge in [0, 0.05) is 43.8 Å². The molecule has 0 atom stereocenters. The minimum atomic E-state index is -0.0598. The van der Waals surface area contributed by atoms with Crippen molar-refractivity contribution in [2.24, 2.45) is 0 Å². The summed E-state index contributed by atoms with van der Waals surface area (Å²) in [5.74, 6) is 2.17. The molecule has 5 heterocycles. The lowest BCUT2D eigenvalue weighted by molar-refractivity contribution is 0.591. The first-order chi connectivity index (χ1) is 38.9. The van der Waals surface area contributed by atoms with Crippen LogP contribution in [0.25, 0.3) is 156 Å². The van der Waals surface area contributed by atoms with Gasteiger partial charge in [0.25, 0.3) is 0 Å². The molecule has 0 spiro atoms. The molecule has 0 saturated heterocycles. The molecule has 0 fully saturated rings. The number of aromatic nitrogens is 8. The Morgan fingerprint density at radius 1 is 0.250 bits per heavy atom. The van der Waals surface area contributed by atoms with Crippen molar-refractivity contribution in [3.8, 4) is 90.1 Å². The van der Waals surface area contributed by atoms with E-state index in [0.29, 0.717) is 45.9 Å². The average Bonchev–Trinajstić information content (AvgIpc) is 4.31. The molecule has 15 rings (SSSR count). The average molecular weight is 1030 g/mol. The Morgan fingerprint density at radius 3 is 0.775 bits per heavy atom. The summed E-state index contributed by atoms with van der Waals surface area (Å²) in [6.45, 7) is 13.5. The van der Waals surface area contributed by atoms with Crippen LogP contribution in [0.5, 0.6) is 0 Å². The van der Waals surface area contributed by atoms with Crippen molar-refractivity contribution < 1.29 is 0 Å². The Kier molecular flexibility index (Phi) is 10.5. The molecule has 0 aliphatic carbocycles. The van der Waals surface area contributed by atoms with Crippen LogP contribution in [0.2, 0.25) is 0 Å². The molecular formula is C72H54N8. The zero-order chi connectivity index (χ0) is 54.0. The molecule has 8 nitrogen and oxygen atoms in total. The fourth-order valence-corrected chi connectivity index (χ4v) is 11.9. The zero-order valence-corrected chi connectivity index (χ0v) is 45.3. The highest BCUT2D eigenvalue weighted by molar-refractivity contribution is 6.20. The number of nitrogens with zero attached hydrogens (tertiary/aromatic N) is 6. The molecule has 0 saturated carbocycles. The van der Waals surface area contributed by atoms with Crippen LogP contribution in [-0.2, 0) is 10.8 Å². The summed E-state index contributed by atoms with van der Waals surface area (Å²) in [5.41, 5.74) is 16.7. The fourth-order valence-electron chi connectivity index (χ4n) is 11.9. The number of rotatable bonds is 4. The van der Waals surface area contributed by atoms with Gasteiger partial charge in [-0.1, -0.05) is 224 Å². The standard InChI is InChI=1S/C72H54N8/c1-71(2,3)49-29-27-45-37-55-57(39-47(45)35-49)65-73-63(55)75-67-59-51(41-19-11-7-12-20-41)31-32-52(42-21-13-8-14-22-42)60(59)68(79-67)76-64-56-38-46-28-30-50(72(4,5)6)36-48(46)40-58(56)66(74-64)78-70-62-54(44-25-17-10-18-26-44)34-33-53(43-23-15-9-16-24-43)61(62)69(77-65)80-70/h7-40H,1-6H3,(H2,73,74,75,76,77,78,79,80). The smallest absolute Gasteiger partial charge is 0.164 e. The van der Waals surface area contributed by atoms with Crippen molar-refractivity contribution in [2.75, 3.05) is 0 Å². The molecular weight excluding hydrogens is 977 g/mol. The third-order valence-electron chi connectivity index (χ3n) is 16.1. The van der Waals surface area contributed by atoms with Gasteiger partial charge in [0.15, 0.2) is 23.3 Å². The summed E-state index contributed by atoms with van der Waals surface area (Å²) in [6.07, 6.45) is 0. The van der Waals surface area contributed by atoms with Crippen molar-refractivity contribution in [3.05, 3.63) is 217 Å². The van der Waals surface area contributed by atoms with E-state index in [4.69, 9.17) is 29.9 Å². The van der Waals surface area contributed by atoms with Gasteiger partial charge >= 0.3 is 0 Å². The van der Waals surface area contributed by atoms with Gasteiger partial charge in [-0.3, -0.25) is 0 Å². The third kappa shape index (κ3) is 7.81. The van der Waals surface area contributed by atoms with Crippen molar-refractivity contribution in [1.29, 1.82) is 0 Å². The molecule has 382 valence electrons. The van der Waals surface area contributed by atoms with Crippen LogP contribution in [0.1, 0.15) is 52.7 Å². The number of benzene rings is 10. The van der Waals surface area contributed by atoms with Crippen LogP contribution in [0.3, 0.4) is 0 Å². The number of hydrogen-bond acceptors (Lipinski definition) is 6. The van der Waals surface area contributed by atoms with Gasteiger partial charge in [-0.05, 0) is 112 Å². The van der Waals surface area contributed by atoms with Gasteiger partial charge in [0.2, 0.25) is 0 Å². The highest BCUT2D eigenvalue weighted by atomic mass is 15.1. The van der Waals surface area contributed by atoms with Gasteiger partial charge in [-0.15, -0.1) is 0 Å². The first kappa shape index (κ1) is 47.3. The maximum absolute atomic E-state index is 5.71. The fraction of sp³-hybridized carbons (Fsp3) is 0.111. The molecule has 0 unspecified atom stereocenters. The van der Waals surface area contributed by atoms with Crippen LogP contribution >= 0.6 is 0 Å². The van der Waals surface area contributed by atoms with Crippen LogP contribution in [0, 0.1) is 0 Å².